The maximum atomic E-state index is 12.6. The van der Waals surface area contributed by atoms with Gasteiger partial charge in [-0.15, -0.1) is 0 Å². The number of nitrogens with zero attached hydrogens (tertiary/aromatic N) is 3. The molecule has 3 aromatic rings. The molecule has 1 fully saturated rings. The predicted molar refractivity (Wildman–Crippen MR) is 111 cm³/mol. The smallest absolute Gasteiger partial charge is 0.341 e. The molecule has 6 nitrogen and oxygen atoms in total. The van der Waals surface area contributed by atoms with E-state index in [-0.39, 0.29) is 23.1 Å². The molecule has 0 radical (unpaired) electrons. The van der Waals surface area contributed by atoms with E-state index in [1.54, 1.807) is 6.20 Å². The number of rotatable bonds is 3. The number of carbonyl (C=O) groups is 1. The second-order valence-corrected chi connectivity index (χ2v) is 9.04. The first-order chi connectivity index (χ1) is 13.8. The van der Waals surface area contributed by atoms with Gasteiger partial charge in [-0.3, -0.25) is 9.48 Å². The zero-order valence-electron chi connectivity index (χ0n) is 17.0. The lowest BCUT2D eigenvalue weighted by atomic mass is 9.84. The Morgan fingerprint density at radius 3 is 2.86 bits per heavy atom. The van der Waals surface area contributed by atoms with Crippen LogP contribution in [0.25, 0.3) is 22.3 Å². The summed E-state index contributed by atoms with van der Waals surface area (Å²) in [4.78, 5) is 24.3. The number of hydrogen-bond acceptors (Lipinski definition) is 3. The lowest BCUT2D eigenvalue weighted by Gasteiger charge is -2.39. The van der Waals surface area contributed by atoms with Gasteiger partial charge in [0.15, 0.2) is 5.43 Å². The third-order valence-corrected chi connectivity index (χ3v) is 6.75. The SMILES string of the molecule is CCCc1cccc2c3n(nc12)C1CCC(C)(C)C1n1cc(C(=O)O)c(=O)cc1-3. The molecule has 150 valence electrons. The van der Waals surface area contributed by atoms with Crippen molar-refractivity contribution in [2.45, 2.75) is 58.5 Å². The van der Waals surface area contributed by atoms with Gasteiger partial charge >= 0.3 is 5.97 Å². The number of benzene rings is 1. The maximum absolute atomic E-state index is 12.6. The first-order valence-corrected chi connectivity index (χ1v) is 10.3. The zero-order valence-corrected chi connectivity index (χ0v) is 17.0. The van der Waals surface area contributed by atoms with E-state index in [0.29, 0.717) is 0 Å². The van der Waals surface area contributed by atoms with Crippen molar-refractivity contribution in [2.24, 2.45) is 5.41 Å². The maximum Gasteiger partial charge on any atom is 0.341 e. The summed E-state index contributed by atoms with van der Waals surface area (Å²) in [6.07, 6.45) is 5.56. The molecule has 2 aromatic heterocycles. The van der Waals surface area contributed by atoms with Gasteiger partial charge in [-0.25, -0.2) is 4.79 Å². The minimum Gasteiger partial charge on any atom is -0.477 e. The zero-order chi connectivity index (χ0) is 20.5. The van der Waals surface area contributed by atoms with Crippen LogP contribution in [-0.4, -0.2) is 25.4 Å². The number of aromatic nitrogens is 3. The van der Waals surface area contributed by atoms with Crippen LogP contribution in [0.4, 0.5) is 0 Å². The van der Waals surface area contributed by atoms with Crippen LogP contribution in [0, 0.1) is 5.41 Å². The Kier molecular flexibility index (Phi) is 3.79. The van der Waals surface area contributed by atoms with Crippen molar-refractivity contribution in [3.8, 4) is 11.4 Å². The highest BCUT2D eigenvalue weighted by molar-refractivity contribution is 5.95. The van der Waals surface area contributed by atoms with Gasteiger partial charge in [-0.05, 0) is 30.2 Å². The summed E-state index contributed by atoms with van der Waals surface area (Å²) in [5, 5.41) is 15.6. The minimum atomic E-state index is -1.17. The average molecular weight is 391 g/mol. The van der Waals surface area contributed by atoms with Crippen molar-refractivity contribution in [2.75, 3.05) is 0 Å². The minimum absolute atomic E-state index is 0.0215. The molecular formula is C23H25N3O3. The van der Waals surface area contributed by atoms with Crippen LogP contribution < -0.4 is 5.43 Å². The highest BCUT2D eigenvalue weighted by Gasteiger charge is 2.48. The molecule has 2 unspecified atom stereocenters. The second-order valence-electron chi connectivity index (χ2n) is 9.04. The molecule has 1 aliphatic heterocycles. The lowest BCUT2D eigenvalue weighted by molar-refractivity contribution is 0.0693. The largest absolute Gasteiger partial charge is 0.477 e. The van der Waals surface area contributed by atoms with Gasteiger partial charge in [0, 0.05) is 17.6 Å². The number of fused-ring (bicyclic) bond motifs is 8. The van der Waals surface area contributed by atoms with Crippen LogP contribution in [0.15, 0.2) is 35.3 Å². The van der Waals surface area contributed by atoms with Crippen molar-refractivity contribution < 1.29 is 9.90 Å². The van der Waals surface area contributed by atoms with Gasteiger partial charge < -0.3 is 9.67 Å². The van der Waals surface area contributed by atoms with Crippen LogP contribution >= 0.6 is 0 Å². The van der Waals surface area contributed by atoms with Gasteiger partial charge in [-0.1, -0.05) is 45.4 Å². The third-order valence-electron chi connectivity index (χ3n) is 6.75. The number of carboxylic acids is 1. The molecule has 5 rings (SSSR count). The molecule has 29 heavy (non-hydrogen) atoms. The van der Waals surface area contributed by atoms with Crippen LogP contribution in [-0.2, 0) is 6.42 Å². The van der Waals surface area contributed by atoms with E-state index in [1.807, 2.05) is 4.57 Å². The van der Waals surface area contributed by atoms with Crippen molar-refractivity contribution in [1.29, 1.82) is 0 Å². The van der Waals surface area contributed by atoms with Crippen LogP contribution in [0.1, 0.15) is 68.0 Å². The van der Waals surface area contributed by atoms with Gasteiger partial charge in [0.2, 0.25) is 0 Å². The highest BCUT2D eigenvalue weighted by atomic mass is 16.4. The first-order valence-electron chi connectivity index (χ1n) is 10.3. The van der Waals surface area contributed by atoms with Crippen LogP contribution in [0.5, 0.6) is 0 Å². The Morgan fingerprint density at radius 1 is 1.34 bits per heavy atom. The number of carboxylic acid groups (broad SMARTS) is 1. The summed E-state index contributed by atoms with van der Waals surface area (Å²) >= 11 is 0. The third kappa shape index (κ3) is 2.44. The number of aromatic carboxylic acids is 1. The second kappa shape index (κ2) is 6.05. The molecule has 2 atom stereocenters. The van der Waals surface area contributed by atoms with E-state index in [0.717, 1.165) is 48.0 Å². The summed E-state index contributed by atoms with van der Waals surface area (Å²) in [6, 6.07) is 7.95. The topological polar surface area (TPSA) is 77.1 Å². The predicted octanol–water partition coefficient (Wildman–Crippen LogP) is 4.43. The molecule has 0 saturated heterocycles. The highest BCUT2D eigenvalue weighted by Crippen LogP contribution is 2.56. The van der Waals surface area contributed by atoms with E-state index in [1.165, 1.54) is 11.6 Å². The van der Waals surface area contributed by atoms with Gasteiger partial charge in [-0.2, -0.15) is 5.10 Å². The molecular weight excluding hydrogens is 366 g/mol. The average Bonchev–Trinajstić information content (AvgIpc) is 3.20. The molecule has 0 bridgehead atoms. The standard InChI is InChI=1S/C23H25N3O3/c1-4-6-13-7-5-8-14-19(13)24-26-16-9-10-23(2,3)21(16)25-12-15(22(28)29)18(27)11-17(25)20(14)26/h5,7-8,11-12,16,21H,4,6,9-10H2,1-3H3,(H,28,29). The monoisotopic (exact) mass is 391 g/mol. The van der Waals surface area contributed by atoms with E-state index in [4.69, 9.17) is 5.10 Å². The molecule has 6 heteroatoms. The summed E-state index contributed by atoms with van der Waals surface area (Å²) in [5.74, 6) is -1.17. The molecule has 2 aliphatic rings. The van der Waals surface area contributed by atoms with Crippen LogP contribution in [0.2, 0.25) is 0 Å². The summed E-state index contributed by atoms with van der Waals surface area (Å²) in [5.41, 5.74) is 3.28. The fourth-order valence-electron chi connectivity index (χ4n) is 5.44. The van der Waals surface area contributed by atoms with Crippen molar-refractivity contribution in [1.82, 2.24) is 14.3 Å². The van der Waals surface area contributed by atoms with Crippen molar-refractivity contribution >= 4 is 16.9 Å². The first kappa shape index (κ1) is 18.2. The fourth-order valence-corrected chi connectivity index (χ4v) is 5.44. The van der Waals surface area contributed by atoms with Gasteiger partial charge in [0.1, 0.15) is 5.56 Å². The molecule has 1 aliphatic carbocycles. The Hall–Kier alpha value is -2.89. The quantitative estimate of drug-likeness (QED) is 0.716. The van der Waals surface area contributed by atoms with Gasteiger partial charge in [0.25, 0.3) is 0 Å². The Labute approximate surface area is 168 Å². The normalized spacial score (nSPS) is 21.6. The molecule has 1 saturated carbocycles. The Balaban J connectivity index is 1.88. The van der Waals surface area contributed by atoms with Crippen molar-refractivity contribution in [3.63, 3.8) is 0 Å². The Morgan fingerprint density at radius 2 is 2.14 bits per heavy atom. The number of aryl methyl sites for hydroxylation is 1. The van der Waals surface area contributed by atoms with E-state index < -0.39 is 11.4 Å². The van der Waals surface area contributed by atoms with Gasteiger partial charge in [0.05, 0.1) is 29.0 Å². The van der Waals surface area contributed by atoms with E-state index in [2.05, 4.69) is 43.7 Å². The number of hydrogen-bond donors (Lipinski definition) is 1. The van der Waals surface area contributed by atoms with Crippen molar-refractivity contribution in [3.05, 3.63) is 51.8 Å². The summed E-state index contributed by atoms with van der Waals surface area (Å²) < 4.78 is 4.17. The summed E-state index contributed by atoms with van der Waals surface area (Å²) in [6.45, 7) is 6.60. The molecule has 1 N–H and O–H groups in total. The number of pyridine rings is 1. The van der Waals surface area contributed by atoms with Crippen LogP contribution in [0.3, 0.4) is 0 Å². The molecule has 3 heterocycles. The fraction of sp³-hybridized carbons (Fsp3) is 0.435. The Bertz CT molecular complexity index is 1220. The summed E-state index contributed by atoms with van der Waals surface area (Å²) in [7, 11) is 0. The molecule has 0 amide bonds. The molecule has 1 aromatic carbocycles. The van der Waals surface area contributed by atoms with E-state index >= 15 is 0 Å². The molecule has 0 spiro atoms. The van der Waals surface area contributed by atoms with E-state index in [9.17, 15) is 14.7 Å². The lowest BCUT2D eigenvalue weighted by Crippen LogP contribution is -2.35.